The van der Waals surface area contributed by atoms with Gasteiger partial charge in [0.05, 0.1) is 11.2 Å². The molecule has 0 radical (unpaired) electrons. The predicted molar refractivity (Wildman–Crippen MR) is 75.2 cm³/mol. The molecule has 0 aromatic heterocycles. The van der Waals surface area contributed by atoms with Crippen LogP contribution in [0, 0.1) is 5.92 Å². The van der Waals surface area contributed by atoms with Crippen LogP contribution < -0.4 is 0 Å². The topological polar surface area (TPSA) is 9.23 Å². The highest BCUT2D eigenvalue weighted by molar-refractivity contribution is 5.03. The van der Waals surface area contributed by atoms with Crippen molar-refractivity contribution in [2.24, 2.45) is 5.92 Å². The van der Waals surface area contributed by atoms with Crippen LogP contribution in [0.3, 0.4) is 0 Å². The van der Waals surface area contributed by atoms with Crippen molar-refractivity contribution in [2.75, 3.05) is 0 Å². The summed E-state index contributed by atoms with van der Waals surface area (Å²) in [4.78, 5) is 0. The average molecular weight is 236 g/mol. The van der Waals surface area contributed by atoms with Gasteiger partial charge in [-0.15, -0.1) is 6.58 Å². The number of hydrogen-bond acceptors (Lipinski definition) is 1. The van der Waals surface area contributed by atoms with Gasteiger partial charge in [-0.25, -0.2) is 0 Å². The molecular weight excluding hydrogens is 208 g/mol. The summed E-state index contributed by atoms with van der Waals surface area (Å²) in [5, 5.41) is 0. The second-order valence-electron chi connectivity index (χ2n) is 6.19. The lowest BCUT2D eigenvalue weighted by atomic mass is 9.77. The summed E-state index contributed by atoms with van der Waals surface area (Å²) >= 11 is 0. The first-order valence-corrected chi connectivity index (χ1v) is 6.78. The fraction of sp³-hybridized carbons (Fsp3) is 0.750. The van der Waals surface area contributed by atoms with Gasteiger partial charge in [0.25, 0.3) is 0 Å². The van der Waals surface area contributed by atoms with Crippen molar-refractivity contribution < 1.29 is 4.74 Å². The van der Waals surface area contributed by atoms with Gasteiger partial charge in [0, 0.05) is 0 Å². The minimum absolute atomic E-state index is 0.00681. The van der Waals surface area contributed by atoms with Crippen molar-refractivity contribution in [1.82, 2.24) is 0 Å². The Balaban J connectivity index is 2.70. The summed E-state index contributed by atoms with van der Waals surface area (Å²) in [7, 11) is 0. The Kier molecular flexibility index (Phi) is 4.60. The predicted octanol–water partition coefficient (Wildman–Crippen LogP) is 4.88. The maximum Gasteiger partial charge on any atom is 0.0839 e. The highest BCUT2D eigenvalue weighted by Crippen LogP contribution is 2.42. The summed E-state index contributed by atoms with van der Waals surface area (Å²) in [6.45, 7) is 15.0. The lowest BCUT2D eigenvalue weighted by molar-refractivity contribution is -0.180. The number of ether oxygens (including phenoxy) is 1. The van der Waals surface area contributed by atoms with E-state index in [-0.39, 0.29) is 11.2 Å². The highest BCUT2D eigenvalue weighted by atomic mass is 16.5. The van der Waals surface area contributed by atoms with Crippen molar-refractivity contribution in [3.05, 3.63) is 24.3 Å². The van der Waals surface area contributed by atoms with Gasteiger partial charge in [-0.1, -0.05) is 24.6 Å². The second-order valence-corrected chi connectivity index (χ2v) is 6.19. The molecule has 0 aromatic carbocycles. The van der Waals surface area contributed by atoms with E-state index in [1.807, 2.05) is 6.08 Å². The molecule has 1 heteroatoms. The fourth-order valence-electron chi connectivity index (χ4n) is 2.58. The van der Waals surface area contributed by atoms with Crippen LogP contribution in [0.4, 0.5) is 0 Å². The minimum atomic E-state index is -0.133. The van der Waals surface area contributed by atoms with Gasteiger partial charge >= 0.3 is 0 Å². The Morgan fingerprint density at radius 3 is 2.59 bits per heavy atom. The van der Waals surface area contributed by atoms with Gasteiger partial charge in [0.2, 0.25) is 0 Å². The molecule has 1 saturated heterocycles. The summed E-state index contributed by atoms with van der Waals surface area (Å²) in [5.41, 5.74) is 1.25. The standard InChI is InChI=1S/C16H28O/c1-7-15(5)12-10-14(4)16(6,17-15)11-8-9-13(2)3/h7,9,14H,1,8,10-12H2,2-6H3/t14-,15+,16+/m0/s1. The number of allylic oxidation sites excluding steroid dienone is 2. The molecule has 0 N–H and O–H groups in total. The SMILES string of the molecule is C=C[C@]1(C)CC[C@H](C)[C@@](C)(CCC=C(C)C)O1. The fourth-order valence-corrected chi connectivity index (χ4v) is 2.58. The average Bonchev–Trinajstić information content (AvgIpc) is 2.24. The van der Waals surface area contributed by atoms with E-state index >= 15 is 0 Å². The van der Waals surface area contributed by atoms with E-state index in [4.69, 9.17) is 4.74 Å². The van der Waals surface area contributed by atoms with Gasteiger partial charge in [0.1, 0.15) is 0 Å². The van der Waals surface area contributed by atoms with Crippen LogP contribution in [0.1, 0.15) is 60.3 Å². The monoisotopic (exact) mass is 236 g/mol. The quantitative estimate of drug-likeness (QED) is 0.632. The van der Waals surface area contributed by atoms with Gasteiger partial charge in [-0.2, -0.15) is 0 Å². The molecular formula is C16H28O. The minimum Gasteiger partial charge on any atom is -0.365 e. The van der Waals surface area contributed by atoms with Gasteiger partial charge in [-0.05, 0) is 59.3 Å². The molecule has 0 unspecified atom stereocenters. The van der Waals surface area contributed by atoms with Crippen LogP contribution in [0.25, 0.3) is 0 Å². The van der Waals surface area contributed by atoms with Crippen LogP contribution >= 0.6 is 0 Å². The largest absolute Gasteiger partial charge is 0.365 e. The van der Waals surface area contributed by atoms with Crippen molar-refractivity contribution in [1.29, 1.82) is 0 Å². The number of hydrogen-bond donors (Lipinski definition) is 0. The van der Waals surface area contributed by atoms with Crippen LogP contribution in [0.2, 0.25) is 0 Å². The van der Waals surface area contributed by atoms with Crippen LogP contribution in [-0.2, 0) is 4.74 Å². The molecule has 3 atom stereocenters. The Morgan fingerprint density at radius 2 is 2.06 bits per heavy atom. The van der Waals surface area contributed by atoms with E-state index in [0.717, 1.165) is 19.3 Å². The van der Waals surface area contributed by atoms with E-state index in [2.05, 4.69) is 47.3 Å². The molecule has 1 aliphatic rings. The molecule has 0 spiro atoms. The first kappa shape index (κ1) is 14.5. The third-order valence-corrected chi connectivity index (χ3v) is 4.21. The van der Waals surface area contributed by atoms with E-state index in [0.29, 0.717) is 5.92 Å². The van der Waals surface area contributed by atoms with Crippen LogP contribution in [0.5, 0.6) is 0 Å². The molecule has 0 aliphatic carbocycles. The van der Waals surface area contributed by atoms with Crippen LogP contribution in [-0.4, -0.2) is 11.2 Å². The maximum atomic E-state index is 6.36. The lowest BCUT2D eigenvalue weighted by Crippen LogP contribution is -2.49. The molecule has 1 aliphatic heterocycles. The second kappa shape index (κ2) is 5.39. The summed E-state index contributed by atoms with van der Waals surface area (Å²) in [6, 6.07) is 0. The third-order valence-electron chi connectivity index (χ3n) is 4.21. The first-order chi connectivity index (χ1) is 7.81. The Hall–Kier alpha value is -0.560. The smallest absolute Gasteiger partial charge is 0.0839 e. The van der Waals surface area contributed by atoms with Gasteiger partial charge < -0.3 is 4.74 Å². The summed E-state index contributed by atoms with van der Waals surface area (Å²) in [6.07, 6.45) is 8.81. The Morgan fingerprint density at radius 1 is 1.41 bits per heavy atom. The molecule has 1 fully saturated rings. The molecule has 0 saturated carbocycles. The molecule has 1 rings (SSSR count). The molecule has 0 amide bonds. The molecule has 1 nitrogen and oxygen atoms in total. The molecule has 98 valence electrons. The van der Waals surface area contributed by atoms with Crippen molar-refractivity contribution in [3.63, 3.8) is 0 Å². The van der Waals surface area contributed by atoms with Crippen LogP contribution in [0.15, 0.2) is 24.3 Å². The zero-order valence-corrected chi connectivity index (χ0v) is 12.2. The maximum absolute atomic E-state index is 6.36. The van der Waals surface area contributed by atoms with Crippen molar-refractivity contribution >= 4 is 0 Å². The normalized spacial score (nSPS) is 37.6. The lowest BCUT2D eigenvalue weighted by Gasteiger charge is -2.48. The summed E-state index contributed by atoms with van der Waals surface area (Å²) in [5.74, 6) is 0.626. The molecule has 17 heavy (non-hydrogen) atoms. The molecule has 0 aromatic rings. The van der Waals surface area contributed by atoms with E-state index in [1.165, 1.54) is 12.0 Å². The molecule has 0 bridgehead atoms. The number of rotatable bonds is 4. The first-order valence-electron chi connectivity index (χ1n) is 6.78. The van der Waals surface area contributed by atoms with Crippen molar-refractivity contribution in [2.45, 2.75) is 71.5 Å². The Bertz CT molecular complexity index is 301. The zero-order chi connectivity index (χ0) is 13.1. The molecule has 1 heterocycles. The zero-order valence-electron chi connectivity index (χ0n) is 12.2. The van der Waals surface area contributed by atoms with Crippen molar-refractivity contribution in [3.8, 4) is 0 Å². The van der Waals surface area contributed by atoms with Gasteiger partial charge in [-0.3, -0.25) is 0 Å². The highest BCUT2D eigenvalue weighted by Gasteiger charge is 2.42. The third kappa shape index (κ3) is 3.70. The Labute approximate surface area is 107 Å². The van der Waals surface area contributed by atoms with E-state index in [9.17, 15) is 0 Å². The van der Waals surface area contributed by atoms with Gasteiger partial charge in [0.15, 0.2) is 0 Å². The van der Waals surface area contributed by atoms with E-state index in [1.54, 1.807) is 0 Å². The summed E-state index contributed by atoms with van der Waals surface area (Å²) < 4.78 is 6.36. The van der Waals surface area contributed by atoms with E-state index < -0.39 is 0 Å².